The zero-order valence-corrected chi connectivity index (χ0v) is 14.5. The van der Waals surface area contributed by atoms with Gasteiger partial charge >= 0.3 is 0 Å². The Bertz CT molecular complexity index is 513. The molecule has 0 heterocycles. The van der Waals surface area contributed by atoms with Crippen LogP contribution in [0, 0.1) is 0 Å². The average Bonchev–Trinajstić information content (AvgIpc) is 2.48. The number of benzene rings is 1. The number of allylic oxidation sites excluding steroid dienone is 1. The van der Waals surface area contributed by atoms with Crippen LogP contribution in [0.5, 0.6) is 5.75 Å². The molecule has 0 N–H and O–H groups in total. The Kier molecular flexibility index (Phi) is 9.21. The molecule has 0 fully saturated rings. The summed E-state index contributed by atoms with van der Waals surface area (Å²) in [6.07, 6.45) is 8.11. The van der Waals surface area contributed by atoms with Crippen LogP contribution in [0.15, 0.2) is 18.2 Å². The zero-order chi connectivity index (χ0) is 16.4. The van der Waals surface area contributed by atoms with Crippen LogP contribution in [-0.4, -0.2) is 19.7 Å². The van der Waals surface area contributed by atoms with E-state index in [1.54, 1.807) is 24.3 Å². The van der Waals surface area contributed by atoms with Crippen molar-refractivity contribution >= 4 is 35.1 Å². The first kappa shape index (κ1) is 19.0. The average molecular weight is 345 g/mol. The summed E-state index contributed by atoms with van der Waals surface area (Å²) < 4.78 is 10.3. The van der Waals surface area contributed by atoms with Gasteiger partial charge in [-0.15, -0.1) is 0 Å². The Labute approximate surface area is 142 Å². The maximum absolute atomic E-state index is 11.9. The predicted molar refractivity (Wildman–Crippen MR) is 91.8 cm³/mol. The van der Waals surface area contributed by atoms with E-state index in [2.05, 4.69) is 6.92 Å². The van der Waals surface area contributed by atoms with Gasteiger partial charge in [-0.3, -0.25) is 4.79 Å². The molecule has 0 aromatic heterocycles. The normalized spacial score (nSPS) is 11.1. The van der Waals surface area contributed by atoms with Gasteiger partial charge in [0.05, 0.1) is 5.02 Å². The van der Waals surface area contributed by atoms with Gasteiger partial charge in [0.15, 0.2) is 12.6 Å². The molecule has 0 bridgehead atoms. The molecule has 0 atom stereocenters. The summed E-state index contributed by atoms with van der Waals surface area (Å²) >= 11 is 12.1. The monoisotopic (exact) mass is 344 g/mol. The van der Waals surface area contributed by atoms with Crippen molar-refractivity contribution in [2.45, 2.75) is 39.0 Å². The van der Waals surface area contributed by atoms with E-state index in [1.807, 2.05) is 0 Å². The lowest BCUT2D eigenvalue weighted by atomic mass is 10.1. The minimum Gasteiger partial charge on any atom is -0.465 e. The fourth-order valence-electron chi connectivity index (χ4n) is 1.97. The molecule has 5 heteroatoms. The Balaban J connectivity index is 2.73. The van der Waals surface area contributed by atoms with Gasteiger partial charge in [0.1, 0.15) is 5.75 Å². The minimum atomic E-state index is 0.0765. The van der Waals surface area contributed by atoms with Gasteiger partial charge in [-0.25, -0.2) is 0 Å². The number of hydrogen-bond donors (Lipinski definition) is 0. The number of hydrogen-bond acceptors (Lipinski definition) is 3. The molecular weight excluding hydrogens is 323 g/mol. The molecule has 22 heavy (non-hydrogen) atoms. The summed E-state index contributed by atoms with van der Waals surface area (Å²) in [5.41, 5.74) is 0.663. The van der Waals surface area contributed by atoms with Gasteiger partial charge in [-0.1, -0.05) is 49.4 Å². The van der Waals surface area contributed by atoms with Crippen molar-refractivity contribution in [3.8, 4) is 5.75 Å². The van der Waals surface area contributed by atoms with Gasteiger partial charge in [0, 0.05) is 24.1 Å². The molecule has 0 radical (unpaired) electrons. The smallest absolute Gasteiger partial charge is 0.188 e. The topological polar surface area (TPSA) is 35.5 Å². The first-order valence-corrected chi connectivity index (χ1v) is 8.15. The maximum Gasteiger partial charge on any atom is 0.188 e. The lowest BCUT2D eigenvalue weighted by molar-refractivity contribution is -0.114. The second-order valence-corrected chi connectivity index (χ2v) is 5.81. The van der Waals surface area contributed by atoms with Crippen molar-refractivity contribution < 1.29 is 14.3 Å². The molecule has 0 unspecified atom stereocenters. The summed E-state index contributed by atoms with van der Waals surface area (Å²) in [7, 11) is 1.53. The number of methoxy groups -OCH3 is 1. The van der Waals surface area contributed by atoms with E-state index in [4.69, 9.17) is 32.7 Å². The van der Waals surface area contributed by atoms with Gasteiger partial charge < -0.3 is 9.47 Å². The Morgan fingerprint density at radius 2 is 2.00 bits per heavy atom. The number of carbonyl (C=O) groups is 1. The van der Waals surface area contributed by atoms with Gasteiger partial charge in [-0.05, 0) is 30.7 Å². The number of ketones is 1. The number of unbranched alkanes of at least 4 members (excludes halogenated alkanes) is 3. The van der Waals surface area contributed by atoms with E-state index >= 15 is 0 Å². The molecule has 0 aliphatic rings. The summed E-state index contributed by atoms with van der Waals surface area (Å²) in [6, 6.07) is 3.30. The van der Waals surface area contributed by atoms with Crippen LogP contribution < -0.4 is 4.74 Å². The Hall–Kier alpha value is -1.03. The largest absolute Gasteiger partial charge is 0.465 e. The Morgan fingerprint density at radius 3 is 2.68 bits per heavy atom. The van der Waals surface area contributed by atoms with E-state index in [0.29, 0.717) is 27.8 Å². The number of carbonyl (C=O) groups excluding carboxylic acids is 1. The van der Waals surface area contributed by atoms with Gasteiger partial charge in [0.25, 0.3) is 0 Å². The lowest BCUT2D eigenvalue weighted by Crippen LogP contribution is -2.01. The SMILES string of the molecule is CCCCCCC(=O)/C=C\c1cc(Cl)cc(Cl)c1OCOC. The van der Waals surface area contributed by atoms with Crippen molar-refractivity contribution in [2.75, 3.05) is 13.9 Å². The molecular formula is C17H22Cl2O3. The summed E-state index contributed by atoms with van der Waals surface area (Å²) in [5.74, 6) is 0.549. The fourth-order valence-corrected chi connectivity index (χ4v) is 2.53. The molecule has 1 aromatic rings. The first-order chi connectivity index (χ1) is 10.6. The molecule has 0 saturated carbocycles. The Morgan fingerprint density at radius 1 is 1.23 bits per heavy atom. The van der Waals surface area contributed by atoms with Crippen molar-refractivity contribution in [1.82, 2.24) is 0 Å². The van der Waals surface area contributed by atoms with Crippen molar-refractivity contribution in [2.24, 2.45) is 0 Å². The van der Waals surface area contributed by atoms with Crippen LogP contribution in [-0.2, 0) is 9.53 Å². The number of rotatable bonds is 10. The standard InChI is InChI=1S/C17H22Cl2O3/c1-3-4-5-6-7-15(20)9-8-13-10-14(18)11-16(19)17(13)22-12-21-2/h8-11H,3-7,12H2,1-2H3/b9-8-. The third-order valence-electron chi connectivity index (χ3n) is 3.08. The molecule has 3 nitrogen and oxygen atoms in total. The van der Waals surface area contributed by atoms with E-state index in [1.165, 1.54) is 7.11 Å². The summed E-state index contributed by atoms with van der Waals surface area (Å²) in [5, 5.41) is 0.879. The van der Waals surface area contributed by atoms with E-state index in [0.717, 1.165) is 25.7 Å². The van der Waals surface area contributed by atoms with E-state index in [9.17, 15) is 4.79 Å². The molecule has 1 rings (SSSR count). The summed E-state index contributed by atoms with van der Waals surface area (Å²) in [6.45, 7) is 2.22. The molecule has 1 aromatic carbocycles. The van der Waals surface area contributed by atoms with Crippen LogP contribution in [0.1, 0.15) is 44.6 Å². The van der Waals surface area contributed by atoms with Crippen LogP contribution in [0.4, 0.5) is 0 Å². The lowest BCUT2D eigenvalue weighted by Gasteiger charge is -2.10. The van der Waals surface area contributed by atoms with Crippen LogP contribution in [0.3, 0.4) is 0 Å². The van der Waals surface area contributed by atoms with E-state index < -0.39 is 0 Å². The van der Waals surface area contributed by atoms with E-state index in [-0.39, 0.29) is 12.6 Å². The second-order valence-electron chi connectivity index (χ2n) is 4.97. The first-order valence-electron chi connectivity index (χ1n) is 7.40. The molecule has 0 amide bonds. The minimum absolute atomic E-state index is 0.0765. The maximum atomic E-state index is 11.9. The quantitative estimate of drug-likeness (QED) is 0.318. The third-order valence-corrected chi connectivity index (χ3v) is 3.58. The predicted octanol–water partition coefficient (Wildman–Crippen LogP) is 5.53. The second kappa shape index (κ2) is 10.7. The van der Waals surface area contributed by atoms with Crippen molar-refractivity contribution in [3.05, 3.63) is 33.8 Å². The van der Waals surface area contributed by atoms with Gasteiger partial charge in [-0.2, -0.15) is 0 Å². The molecule has 0 aliphatic carbocycles. The van der Waals surface area contributed by atoms with Crippen molar-refractivity contribution in [1.29, 1.82) is 0 Å². The summed E-state index contributed by atoms with van der Waals surface area (Å²) in [4.78, 5) is 11.9. The van der Waals surface area contributed by atoms with Gasteiger partial charge in [0.2, 0.25) is 0 Å². The fraction of sp³-hybridized carbons (Fsp3) is 0.471. The highest BCUT2D eigenvalue weighted by Crippen LogP contribution is 2.33. The molecule has 0 aliphatic heterocycles. The molecule has 122 valence electrons. The third kappa shape index (κ3) is 6.82. The number of ether oxygens (including phenoxy) is 2. The number of halogens is 2. The van der Waals surface area contributed by atoms with Crippen LogP contribution >= 0.6 is 23.2 Å². The highest BCUT2D eigenvalue weighted by Gasteiger charge is 2.09. The molecule has 0 saturated heterocycles. The van der Waals surface area contributed by atoms with Crippen LogP contribution in [0.25, 0.3) is 6.08 Å². The van der Waals surface area contributed by atoms with Crippen LogP contribution in [0.2, 0.25) is 10.0 Å². The highest BCUT2D eigenvalue weighted by molar-refractivity contribution is 6.36. The zero-order valence-electron chi connectivity index (χ0n) is 13.0. The molecule has 0 spiro atoms. The highest BCUT2D eigenvalue weighted by atomic mass is 35.5. The van der Waals surface area contributed by atoms with Crippen molar-refractivity contribution in [3.63, 3.8) is 0 Å².